The second-order valence-corrected chi connectivity index (χ2v) is 7.88. The molecule has 1 saturated heterocycles. The van der Waals surface area contributed by atoms with Crippen molar-refractivity contribution in [3.8, 4) is 0 Å². The molecule has 1 aliphatic heterocycles. The Labute approximate surface area is 172 Å². The van der Waals surface area contributed by atoms with E-state index >= 15 is 0 Å². The van der Waals surface area contributed by atoms with E-state index in [9.17, 15) is 9.59 Å². The van der Waals surface area contributed by atoms with E-state index in [1.807, 2.05) is 36.4 Å². The lowest BCUT2D eigenvalue weighted by Gasteiger charge is -2.16. The predicted octanol–water partition coefficient (Wildman–Crippen LogP) is 3.65. The van der Waals surface area contributed by atoms with Crippen LogP contribution in [0.5, 0.6) is 0 Å². The summed E-state index contributed by atoms with van der Waals surface area (Å²) in [5, 5.41) is 1.30. The minimum atomic E-state index is -0.356. The third kappa shape index (κ3) is 4.36. The van der Waals surface area contributed by atoms with Crippen molar-refractivity contribution in [3.63, 3.8) is 0 Å². The molecule has 29 heavy (non-hydrogen) atoms. The number of para-hydroxylation sites is 1. The highest BCUT2D eigenvalue weighted by Crippen LogP contribution is 2.24. The van der Waals surface area contributed by atoms with Crippen LogP contribution < -0.4 is 5.56 Å². The molecule has 1 aliphatic rings. The molecule has 0 radical (unpaired) electrons. The van der Waals surface area contributed by atoms with Crippen LogP contribution >= 0.6 is 11.8 Å². The van der Waals surface area contributed by atoms with E-state index in [1.165, 1.54) is 18.9 Å². The summed E-state index contributed by atoms with van der Waals surface area (Å²) in [7, 11) is 1.37. The fraction of sp³-hybridized carbons (Fsp3) is 0.318. The number of methoxy groups -OCH3 is 1. The first-order valence-corrected chi connectivity index (χ1v) is 10.6. The predicted molar refractivity (Wildman–Crippen MR) is 112 cm³/mol. The highest BCUT2D eigenvalue weighted by molar-refractivity contribution is 7.98. The van der Waals surface area contributed by atoms with Crippen molar-refractivity contribution in [2.24, 2.45) is 0 Å². The van der Waals surface area contributed by atoms with Crippen LogP contribution in [0, 0.1) is 0 Å². The lowest BCUT2D eigenvalue weighted by Crippen LogP contribution is -2.28. The van der Waals surface area contributed by atoms with Gasteiger partial charge in [0.2, 0.25) is 0 Å². The van der Waals surface area contributed by atoms with Gasteiger partial charge in [0.25, 0.3) is 5.56 Å². The summed E-state index contributed by atoms with van der Waals surface area (Å²) in [4.78, 5) is 29.4. The smallest absolute Gasteiger partial charge is 0.337 e. The molecule has 0 unspecified atom stereocenters. The number of nitrogens with zero attached hydrogens (tertiary/aromatic N) is 2. The van der Waals surface area contributed by atoms with Crippen LogP contribution in [-0.4, -0.2) is 35.3 Å². The number of aromatic nitrogens is 2. The second-order valence-electron chi connectivity index (χ2n) is 6.94. The standard InChI is InChI=1S/C22H22N2O4S/c1-27-21(26)16-10-8-15(9-11-16)14-29-22-23-19-7-3-2-6-18(19)20(25)24(22)13-17-5-4-12-28-17/h2-3,6-11,17H,4-5,12-14H2,1H3/t17-/m0/s1. The van der Waals surface area contributed by atoms with Gasteiger partial charge in [-0.15, -0.1) is 0 Å². The number of carbonyl (C=O) groups excluding carboxylic acids is 1. The minimum absolute atomic E-state index is 0.0327. The fourth-order valence-corrected chi connectivity index (χ4v) is 4.38. The largest absolute Gasteiger partial charge is 0.465 e. The van der Waals surface area contributed by atoms with Gasteiger partial charge < -0.3 is 9.47 Å². The molecule has 0 bridgehead atoms. The molecule has 6 nitrogen and oxygen atoms in total. The Morgan fingerprint density at radius 3 is 2.76 bits per heavy atom. The molecule has 150 valence electrons. The summed E-state index contributed by atoms with van der Waals surface area (Å²) in [5.41, 5.74) is 2.22. The minimum Gasteiger partial charge on any atom is -0.465 e. The molecular formula is C22H22N2O4S. The third-order valence-electron chi connectivity index (χ3n) is 4.98. The molecule has 0 saturated carbocycles. The molecule has 0 aliphatic carbocycles. The van der Waals surface area contributed by atoms with Gasteiger partial charge in [0, 0.05) is 12.4 Å². The Bertz CT molecular complexity index is 1070. The van der Waals surface area contributed by atoms with Crippen molar-refractivity contribution in [2.45, 2.75) is 36.4 Å². The summed E-state index contributed by atoms with van der Waals surface area (Å²) in [6.45, 7) is 1.26. The first-order chi connectivity index (χ1) is 14.2. The van der Waals surface area contributed by atoms with Crippen LogP contribution in [0.4, 0.5) is 0 Å². The zero-order chi connectivity index (χ0) is 20.2. The van der Waals surface area contributed by atoms with E-state index < -0.39 is 0 Å². The summed E-state index contributed by atoms with van der Waals surface area (Å²) in [5.74, 6) is 0.281. The van der Waals surface area contributed by atoms with Crippen LogP contribution in [0.3, 0.4) is 0 Å². The van der Waals surface area contributed by atoms with Crippen molar-refractivity contribution in [1.82, 2.24) is 9.55 Å². The van der Waals surface area contributed by atoms with Gasteiger partial charge >= 0.3 is 5.97 Å². The highest BCUT2D eigenvalue weighted by atomic mass is 32.2. The molecule has 1 aromatic heterocycles. The van der Waals surface area contributed by atoms with Gasteiger partial charge in [-0.25, -0.2) is 9.78 Å². The zero-order valence-electron chi connectivity index (χ0n) is 16.2. The van der Waals surface area contributed by atoms with Gasteiger partial charge in [-0.3, -0.25) is 9.36 Å². The van der Waals surface area contributed by atoms with Crippen LogP contribution in [0.2, 0.25) is 0 Å². The second kappa shape index (κ2) is 8.80. The van der Waals surface area contributed by atoms with Gasteiger partial charge in [0.05, 0.1) is 36.2 Å². The number of esters is 1. The molecule has 4 rings (SSSR count). The summed E-state index contributed by atoms with van der Waals surface area (Å²) in [6.07, 6.45) is 2.03. The van der Waals surface area contributed by atoms with Crippen LogP contribution in [0.15, 0.2) is 58.5 Å². The first kappa shape index (κ1) is 19.7. The van der Waals surface area contributed by atoms with Gasteiger partial charge in [-0.1, -0.05) is 36.0 Å². The fourth-order valence-electron chi connectivity index (χ4n) is 3.41. The van der Waals surface area contributed by atoms with Crippen molar-refractivity contribution < 1.29 is 14.3 Å². The highest BCUT2D eigenvalue weighted by Gasteiger charge is 2.20. The van der Waals surface area contributed by atoms with E-state index in [2.05, 4.69) is 0 Å². The summed E-state index contributed by atoms with van der Waals surface area (Å²) < 4.78 is 12.2. The summed E-state index contributed by atoms with van der Waals surface area (Å²) in [6, 6.07) is 14.7. The maximum atomic E-state index is 13.1. The van der Waals surface area contributed by atoms with Gasteiger partial charge in [-0.05, 0) is 42.7 Å². The number of fused-ring (bicyclic) bond motifs is 1. The van der Waals surface area contributed by atoms with Crippen molar-refractivity contribution in [1.29, 1.82) is 0 Å². The number of hydrogen-bond donors (Lipinski definition) is 0. The van der Waals surface area contributed by atoms with Crippen LogP contribution in [0.1, 0.15) is 28.8 Å². The van der Waals surface area contributed by atoms with Crippen molar-refractivity contribution in [2.75, 3.05) is 13.7 Å². The Morgan fingerprint density at radius 1 is 1.24 bits per heavy atom. The molecule has 1 fully saturated rings. The number of benzene rings is 2. The number of carbonyl (C=O) groups is 1. The van der Waals surface area contributed by atoms with Gasteiger partial charge in [-0.2, -0.15) is 0 Å². The molecule has 1 atom stereocenters. The number of thioether (sulfide) groups is 1. The number of hydrogen-bond acceptors (Lipinski definition) is 6. The quantitative estimate of drug-likeness (QED) is 0.351. The van der Waals surface area contributed by atoms with Gasteiger partial charge in [0.1, 0.15) is 0 Å². The van der Waals surface area contributed by atoms with Crippen molar-refractivity contribution >= 4 is 28.6 Å². The van der Waals surface area contributed by atoms with Crippen LogP contribution in [0.25, 0.3) is 10.9 Å². The molecule has 2 aromatic carbocycles. The van der Waals surface area contributed by atoms with Gasteiger partial charge in [0.15, 0.2) is 5.16 Å². The Kier molecular flexibility index (Phi) is 5.97. The molecule has 2 heterocycles. The molecule has 7 heteroatoms. The number of ether oxygens (including phenoxy) is 2. The lowest BCUT2D eigenvalue weighted by atomic mass is 10.1. The van der Waals surface area contributed by atoms with Crippen LogP contribution in [-0.2, 0) is 21.8 Å². The average Bonchev–Trinajstić information content (AvgIpc) is 3.27. The van der Waals surface area contributed by atoms with E-state index in [-0.39, 0.29) is 17.6 Å². The summed E-state index contributed by atoms with van der Waals surface area (Å²) >= 11 is 1.51. The van der Waals surface area contributed by atoms with E-state index in [0.29, 0.717) is 33.9 Å². The molecule has 0 spiro atoms. The van der Waals surface area contributed by atoms with Crippen molar-refractivity contribution in [3.05, 3.63) is 70.0 Å². The Balaban J connectivity index is 1.61. The van der Waals surface area contributed by atoms with E-state index in [1.54, 1.807) is 16.7 Å². The molecule has 0 N–H and O–H groups in total. The molecule has 3 aromatic rings. The monoisotopic (exact) mass is 410 g/mol. The topological polar surface area (TPSA) is 70.4 Å². The molecular weight excluding hydrogens is 388 g/mol. The normalized spacial score (nSPS) is 16.2. The van der Waals surface area contributed by atoms with E-state index in [4.69, 9.17) is 14.5 Å². The van der Waals surface area contributed by atoms with E-state index in [0.717, 1.165) is 25.0 Å². The maximum Gasteiger partial charge on any atom is 0.337 e. The number of rotatable bonds is 6. The average molecular weight is 410 g/mol. The zero-order valence-corrected chi connectivity index (χ0v) is 17.0. The first-order valence-electron chi connectivity index (χ1n) is 9.57. The molecule has 0 amide bonds. The Hall–Kier alpha value is -2.64. The maximum absolute atomic E-state index is 13.1. The Morgan fingerprint density at radius 2 is 2.03 bits per heavy atom. The third-order valence-corrected chi connectivity index (χ3v) is 6.03. The SMILES string of the molecule is COC(=O)c1ccc(CSc2nc3ccccc3c(=O)n2C[C@@H]2CCCO2)cc1. The lowest BCUT2D eigenvalue weighted by molar-refractivity contribution is 0.0600.